The highest BCUT2D eigenvalue weighted by Gasteiger charge is 2.73. The molecule has 19 heavy (non-hydrogen) atoms. The van der Waals surface area contributed by atoms with E-state index in [0.717, 1.165) is 38.3 Å². The topological polar surface area (TPSA) is 51.0 Å². The van der Waals surface area contributed by atoms with Crippen LogP contribution in [0, 0.1) is 11.3 Å². The summed E-state index contributed by atoms with van der Waals surface area (Å²) in [5.41, 5.74) is 0.302. The molecular weight excluding hydrogens is 259 g/mol. The number of rotatable bonds is 3. The first-order chi connectivity index (χ1) is 8.91. The molecular formula is C12H14F3N3O. The highest BCUT2D eigenvalue weighted by Crippen LogP contribution is 2.76. The lowest BCUT2D eigenvalue weighted by Crippen LogP contribution is -2.72. The summed E-state index contributed by atoms with van der Waals surface area (Å²) in [7, 11) is 0. The predicted molar refractivity (Wildman–Crippen MR) is 58.4 cm³/mol. The van der Waals surface area contributed by atoms with Gasteiger partial charge in [0, 0.05) is 0 Å². The zero-order valence-electron chi connectivity index (χ0n) is 10.3. The van der Waals surface area contributed by atoms with Crippen molar-refractivity contribution in [3.8, 4) is 0 Å². The van der Waals surface area contributed by atoms with Crippen LogP contribution in [0.5, 0.6) is 0 Å². The molecule has 2 bridgehead atoms. The van der Waals surface area contributed by atoms with Gasteiger partial charge in [-0.2, -0.15) is 13.2 Å². The second-order valence-electron chi connectivity index (χ2n) is 6.32. The summed E-state index contributed by atoms with van der Waals surface area (Å²) < 4.78 is 41.9. The van der Waals surface area contributed by atoms with Crippen molar-refractivity contribution in [1.82, 2.24) is 15.5 Å². The molecule has 1 N–H and O–H groups in total. The molecule has 0 amide bonds. The van der Waals surface area contributed by atoms with Crippen LogP contribution in [0.4, 0.5) is 13.2 Å². The van der Waals surface area contributed by atoms with Crippen molar-refractivity contribution in [2.45, 2.75) is 37.3 Å². The third-order valence-corrected chi connectivity index (χ3v) is 4.99. The molecule has 0 atom stereocenters. The standard InChI is InChI=1S/C12H14F3N3O/c13-12(14,15)1-8-17-18-9(19-8)11-4-10(5-11,6-11)7-2-16-3-7/h7,16H,1-6H2. The minimum Gasteiger partial charge on any atom is -0.424 e. The van der Waals surface area contributed by atoms with Gasteiger partial charge in [-0.1, -0.05) is 0 Å². The van der Waals surface area contributed by atoms with E-state index < -0.39 is 12.6 Å². The molecule has 4 fully saturated rings. The van der Waals surface area contributed by atoms with E-state index in [2.05, 4.69) is 15.5 Å². The first-order valence-electron chi connectivity index (χ1n) is 6.51. The molecule has 1 aromatic rings. The van der Waals surface area contributed by atoms with Crippen molar-refractivity contribution in [1.29, 1.82) is 0 Å². The summed E-state index contributed by atoms with van der Waals surface area (Å²) in [4.78, 5) is 0. The normalized spacial score (nSPS) is 37.4. The largest absolute Gasteiger partial charge is 0.424 e. The number of alkyl halides is 3. The minimum absolute atomic E-state index is 0.105. The van der Waals surface area contributed by atoms with Crippen LogP contribution < -0.4 is 5.32 Å². The molecule has 0 unspecified atom stereocenters. The number of halogens is 3. The van der Waals surface area contributed by atoms with E-state index in [4.69, 9.17) is 4.42 Å². The Kier molecular flexibility index (Phi) is 2.04. The molecule has 3 aliphatic carbocycles. The van der Waals surface area contributed by atoms with E-state index in [-0.39, 0.29) is 11.3 Å². The number of nitrogens with zero attached hydrogens (tertiary/aromatic N) is 2. The smallest absolute Gasteiger partial charge is 0.397 e. The molecule has 1 aliphatic heterocycles. The van der Waals surface area contributed by atoms with Gasteiger partial charge in [0.15, 0.2) is 0 Å². The third-order valence-electron chi connectivity index (χ3n) is 4.99. The first kappa shape index (κ1) is 11.7. The number of hydrogen-bond acceptors (Lipinski definition) is 4. The Morgan fingerprint density at radius 2 is 1.89 bits per heavy atom. The van der Waals surface area contributed by atoms with Gasteiger partial charge in [0.05, 0.1) is 5.41 Å². The fraction of sp³-hybridized carbons (Fsp3) is 0.833. The third kappa shape index (κ3) is 1.57. The molecule has 5 rings (SSSR count). The number of nitrogens with one attached hydrogen (secondary N) is 1. The van der Waals surface area contributed by atoms with Gasteiger partial charge in [-0.05, 0) is 43.7 Å². The Bertz CT molecular complexity index is 501. The van der Waals surface area contributed by atoms with Crippen molar-refractivity contribution in [2.75, 3.05) is 13.1 Å². The van der Waals surface area contributed by atoms with Crippen LogP contribution in [0.15, 0.2) is 4.42 Å². The van der Waals surface area contributed by atoms with E-state index in [0.29, 0.717) is 11.3 Å². The SMILES string of the molecule is FC(F)(F)Cc1nnc(C23CC(C4CNC4)(C2)C3)o1. The molecule has 0 spiro atoms. The average molecular weight is 273 g/mol. The fourth-order valence-electron chi connectivity index (χ4n) is 3.96. The second-order valence-corrected chi connectivity index (χ2v) is 6.32. The van der Waals surface area contributed by atoms with E-state index in [1.165, 1.54) is 0 Å². The second kappa shape index (κ2) is 3.31. The van der Waals surface area contributed by atoms with Crippen LogP contribution in [0.1, 0.15) is 31.0 Å². The van der Waals surface area contributed by atoms with E-state index >= 15 is 0 Å². The molecule has 4 aliphatic rings. The Labute approximate surface area is 107 Å². The molecule has 1 aromatic heterocycles. The lowest BCUT2D eigenvalue weighted by Gasteiger charge is -2.73. The van der Waals surface area contributed by atoms with Gasteiger partial charge in [-0.25, -0.2) is 0 Å². The Morgan fingerprint density at radius 1 is 1.21 bits per heavy atom. The van der Waals surface area contributed by atoms with Crippen LogP contribution in [0.25, 0.3) is 0 Å². The first-order valence-corrected chi connectivity index (χ1v) is 6.51. The summed E-state index contributed by atoms with van der Waals surface area (Å²) in [5.74, 6) is 0.833. The summed E-state index contributed by atoms with van der Waals surface area (Å²) in [6.07, 6.45) is -2.42. The van der Waals surface area contributed by atoms with Crippen molar-refractivity contribution < 1.29 is 17.6 Å². The molecule has 4 nitrogen and oxygen atoms in total. The lowest BCUT2D eigenvalue weighted by atomic mass is 9.31. The molecule has 1 saturated heterocycles. The maximum Gasteiger partial charge on any atom is 0.397 e. The van der Waals surface area contributed by atoms with Crippen molar-refractivity contribution >= 4 is 0 Å². The summed E-state index contributed by atoms with van der Waals surface area (Å²) in [5, 5.41) is 10.6. The Hall–Kier alpha value is -1.11. The van der Waals surface area contributed by atoms with Gasteiger partial charge >= 0.3 is 6.18 Å². The summed E-state index contributed by atoms with van der Waals surface area (Å²) in [6, 6.07) is 0. The van der Waals surface area contributed by atoms with Gasteiger partial charge in [-0.15, -0.1) is 10.2 Å². The van der Waals surface area contributed by atoms with Crippen LogP contribution in [-0.4, -0.2) is 29.5 Å². The zero-order valence-corrected chi connectivity index (χ0v) is 10.3. The summed E-state index contributed by atoms with van der Waals surface area (Å²) >= 11 is 0. The lowest BCUT2D eigenvalue weighted by molar-refractivity contribution is -0.201. The maximum atomic E-state index is 12.2. The number of aromatic nitrogens is 2. The van der Waals surface area contributed by atoms with Gasteiger partial charge < -0.3 is 9.73 Å². The van der Waals surface area contributed by atoms with E-state index in [1.54, 1.807) is 0 Å². The van der Waals surface area contributed by atoms with Gasteiger partial charge in [0.2, 0.25) is 11.8 Å². The van der Waals surface area contributed by atoms with Crippen molar-refractivity contribution in [3.05, 3.63) is 11.8 Å². The van der Waals surface area contributed by atoms with Gasteiger partial charge in [-0.3, -0.25) is 0 Å². The Balaban J connectivity index is 1.45. The van der Waals surface area contributed by atoms with Crippen LogP contribution in [-0.2, 0) is 11.8 Å². The van der Waals surface area contributed by atoms with Gasteiger partial charge in [0.25, 0.3) is 0 Å². The maximum absolute atomic E-state index is 12.2. The molecule has 7 heteroatoms. The Morgan fingerprint density at radius 3 is 2.42 bits per heavy atom. The van der Waals surface area contributed by atoms with Crippen LogP contribution in [0.3, 0.4) is 0 Å². The molecule has 2 heterocycles. The molecule has 0 radical (unpaired) electrons. The van der Waals surface area contributed by atoms with E-state index in [1.807, 2.05) is 0 Å². The number of hydrogen-bond donors (Lipinski definition) is 1. The van der Waals surface area contributed by atoms with Crippen molar-refractivity contribution in [3.63, 3.8) is 0 Å². The highest BCUT2D eigenvalue weighted by atomic mass is 19.4. The van der Waals surface area contributed by atoms with Gasteiger partial charge in [0.1, 0.15) is 6.42 Å². The van der Waals surface area contributed by atoms with Crippen molar-refractivity contribution in [2.24, 2.45) is 11.3 Å². The van der Waals surface area contributed by atoms with E-state index in [9.17, 15) is 13.2 Å². The average Bonchev–Trinajstić information content (AvgIpc) is 2.50. The summed E-state index contributed by atoms with van der Waals surface area (Å²) in [6.45, 7) is 2.14. The zero-order chi connectivity index (χ0) is 13.3. The van der Waals surface area contributed by atoms with Crippen LogP contribution >= 0.6 is 0 Å². The highest BCUT2D eigenvalue weighted by molar-refractivity contribution is 5.31. The van der Waals surface area contributed by atoms with Crippen LogP contribution in [0.2, 0.25) is 0 Å². The predicted octanol–water partition coefficient (Wildman–Crippen LogP) is 1.82. The fourth-order valence-corrected chi connectivity index (χ4v) is 3.96. The minimum atomic E-state index is -4.29. The molecule has 104 valence electrons. The monoisotopic (exact) mass is 273 g/mol. The molecule has 3 saturated carbocycles. The molecule has 0 aromatic carbocycles. The quantitative estimate of drug-likeness (QED) is 0.912.